The van der Waals surface area contributed by atoms with E-state index < -0.39 is 0 Å². The van der Waals surface area contributed by atoms with E-state index in [0.29, 0.717) is 16.9 Å². The van der Waals surface area contributed by atoms with Crippen molar-refractivity contribution in [2.24, 2.45) is 0 Å². The Labute approximate surface area is 171 Å². The van der Waals surface area contributed by atoms with E-state index in [-0.39, 0.29) is 11.7 Å². The Kier molecular flexibility index (Phi) is 5.79. The molecular formula is C22H19FINO2. The summed E-state index contributed by atoms with van der Waals surface area (Å²) < 4.78 is 20.0. The van der Waals surface area contributed by atoms with Gasteiger partial charge in [-0.3, -0.25) is 4.79 Å². The summed E-state index contributed by atoms with van der Waals surface area (Å²) in [6.07, 6.45) is 0. The van der Waals surface area contributed by atoms with Crippen LogP contribution in [0.3, 0.4) is 0 Å². The average molecular weight is 475 g/mol. The Hall–Kier alpha value is -2.41. The minimum Gasteiger partial charge on any atom is -0.497 e. The Morgan fingerprint density at radius 2 is 1.81 bits per heavy atom. The third-order valence-electron chi connectivity index (χ3n) is 4.41. The van der Waals surface area contributed by atoms with Crippen molar-refractivity contribution in [3.63, 3.8) is 0 Å². The molecule has 0 atom stereocenters. The predicted molar refractivity (Wildman–Crippen MR) is 115 cm³/mol. The van der Waals surface area contributed by atoms with Gasteiger partial charge in [-0.05, 0) is 95.1 Å². The summed E-state index contributed by atoms with van der Waals surface area (Å²) in [4.78, 5) is 12.9. The maximum atomic E-state index is 13.6. The molecule has 138 valence electrons. The van der Waals surface area contributed by atoms with Crippen LogP contribution < -0.4 is 10.1 Å². The summed E-state index contributed by atoms with van der Waals surface area (Å²) in [6.45, 7) is 3.94. The van der Waals surface area contributed by atoms with Crippen molar-refractivity contribution in [3.05, 3.63) is 80.7 Å². The van der Waals surface area contributed by atoms with E-state index in [0.717, 1.165) is 25.9 Å². The maximum absolute atomic E-state index is 13.6. The molecule has 3 nitrogen and oxygen atoms in total. The van der Waals surface area contributed by atoms with Gasteiger partial charge in [-0.15, -0.1) is 0 Å². The van der Waals surface area contributed by atoms with Gasteiger partial charge in [0.2, 0.25) is 0 Å². The Balaban J connectivity index is 2.00. The zero-order valence-corrected chi connectivity index (χ0v) is 17.4. The first-order valence-electron chi connectivity index (χ1n) is 8.41. The van der Waals surface area contributed by atoms with Crippen molar-refractivity contribution in [1.29, 1.82) is 0 Å². The summed E-state index contributed by atoms with van der Waals surface area (Å²) in [5.74, 6) is -0.0239. The second-order valence-corrected chi connectivity index (χ2v) is 7.44. The molecule has 0 spiro atoms. The number of rotatable bonds is 4. The number of hydrogen-bond acceptors (Lipinski definition) is 2. The van der Waals surface area contributed by atoms with Crippen LogP contribution in [-0.4, -0.2) is 13.0 Å². The molecule has 3 aromatic carbocycles. The normalized spacial score (nSPS) is 10.6. The summed E-state index contributed by atoms with van der Waals surface area (Å²) in [5.41, 5.74) is 4.68. The Morgan fingerprint density at radius 3 is 2.52 bits per heavy atom. The molecule has 3 rings (SSSR count). The SMILES string of the molecule is COc1cc(C(=O)Nc2c(C)ccc(I)c2C)cc(-c2cccc(F)c2)c1. The molecule has 5 heteroatoms. The molecule has 1 N–H and O–H groups in total. The average Bonchev–Trinajstić information content (AvgIpc) is 2.67. The first-order valence-corrected chi connectivity index (χ1v) is 9.49. The minimum atomic E-state index is -0.327. The fourth-order valence-electron chi connectivity index (χ4n) is 2.88. The van der Waals surface area contributed by atoms with Crippen LogP contribution in [0.1, 0.15) is 21.5 Å². The Bertz CT molecular complexity index is 1020. The number of methoxy groups -OCH3 is 1. The molecule has 27 heavy (non-hydrogen) atoms. The van der Waals surface area contributed by atoms with E-state index in [1.807, 2.05) is 26.0 Å². The highest BCUT2D eigenvalue weighted by Crippen LogP contribution is 2.29. The van der Waals surface area contributed by atoms with Crippen molar-refractivity contribution >= 4 is 34.2 Å². The van der Waals surface area contributed by atoms with Crippen LogP contribution in [0, 0.1) is 23.2 Å². The van der Waals surface area contributed by atoms with Gasteiger partial charge in [0, 0.05) is 14.8 Å². The molecule has 0 saturated heterocycles. The van der Waals surface area contributed by atoms with E-state index in [4.69, 9.17) is 4.74 Å². The van der Waals surface area contributed by atoms with Gasteiger partial charge in [0.25, 0.3) is 5.91 Å². The van der Waals surface area contributed by atoms with Gasteiger partial charge in [-0.1, -0.05) is 18.2 Å². The number of carbonyl (C=O) groups excluding carboxylic acids is 1. The lowest BCUT2D eigenvalue weighted by atomic mass is 10.0. The van der Waals surface area contributed by atoms with E-state index in [1.165, 1.54) is 12.1 Å². The van der Waals surface area contributed by atoms with Crippen LogP contribution in [0.4, 0.5) is 10.1 Å². The van der Waals surface area contributed by atoms with E-state index in [1.54, 1.807) is 37.4 Å². The highest BCUT2D eigenvalue weighted by molar-refractivity contribution is 14.1. The number of nitrogens with one attached hydrogen (secondary N) is 1. The first kappa shape index (κ1) is 19.4. The van der Waals surface area contributed by atoms with Crippen LogP contribution in [0.15, 0.2) is 54.6 Å². The largest absolute Gasteiger partial charge is 0.497 e. The predicted octanol–water partition coefficient (Wildman–Crippen LogP) is 5.98. The molecule has 0 fully saturated rings. The molecule has 0 aromatic heterocycles. The summed E-state index contributed by atoms with van der Waals surface area (Å²) in [6, 6.07) is 15.5. The molecule has 0 radical (unpaired) electrons. The monoisotopic (exact) mass is 475 g/mol. The van der Waals surface area contributed by atoms with E-state index in [9.17, 15) is 9.18 Å². The topological polar surface area (TPSA) is 38.3 Å². The van der Waals surface area contributed by atoms with Crippen LogP contribution in [0.2, 0.25) is 0 Å². The van der Waals surface area contributed by atoms with Crippen LogP contribution in [0.25, 0.3) is 11.1 Å². The van der Waals surface area contributed by atoms with Gasteiger partial charge in [-0.25, -0.2) is 4.39 Å². The molecule has 0 aliphatic rings. The second kappa shape index (κ2) is 8.08. The van der Waals surface area contributed by atoms with Crippen LogP contribution >= 0.6 is 22.6 Å². The Morgan fingerprint density at radius 1 is 1.04 bits per heavy atom. The number of carbonyl (C=O) groups is 1. The fraction of sp³-hybridized carbons (Fsp3) is 0.136. The molecule has 3 aromatic rings. The van der Waals surface area contributed by atoms with Gasteiger partial charge < -0.3 is 10.1 Å². The van der Waals surface area contributed by atoms with E-state index in [2.05, 4.69) is 27.9 Å². The molecule has 0 aliphatic heterocycles. The van der Waals surface area contributed by atoms with Gasteiger partial charge >= 0.3 is 0 Å². The zero-order chi connectivity index (χ0) is 19.6. The number of ether oxygens (including phenoxy) is 1. The number of anilines is 1. The summed E-state index contributed by atoms with van der Waals surface area (Å²) in [7, 11) is 1.54. The smallest absolute Gasteiger partial charge is 0.255 e. The number of halogens is 2. The van der Waals surface area contributed by atoms with Crippen molar-refractivity contribution in [3.8, 4) is 16.9 Å². The first-order chi connectivity index (χ1) is 12.9. The van der Waals surface area contributed by atoms with Crippen LogP contribution in [-0.2, 0) is 0 Å². The fourth-order valence-corrected chi connectivity index (χ4v) is 3.33. The molecule has 0 bridgehead atoms. The standard InChI is InChI=1S/C22H19FINO2/c1-13-7-8-20(24)14(2)21(13)25-22(26)17-9-16(11-19(12-17)27-3)15-5-4-6-18(23)10-15/h4-12H,1-3H3,(H,25,26). The van der Waals surface area contributed by atoms with Crippen molar-refractivity contribution in [2.75, 3.05) is 12.4 Å². The molecule has 1 amide bonds. The summed E-state index contributed by atoms with van der Waals surface area (Å²) in [5, 5.41) is 3.00. The number of aryl methyl sites for hydroxylation is 1. The molecule has 0 aliphatic carbocycles. The zero-order valence-electron chi connectivity index (χ0n) is 15.3. The van der Waals surface area contributed by atoms with Crippen molar-refractivity contribution in [1.82, 2.24) is 0 Å². The number of benzene rings is 3. The minimum absolute atomic E-state index is 0.236. The summed E-state index contributed by atoms with van der Waals surface area (Å²) >= 11 is 2.25. The van der Waals surface area contributed by atoms with Gasteiger partial charge in [0.05, 0.1) is 7.11 Å². The molecule has 0 saturated carbocycles. The lowest BCUT2D eigenvalue weighted by molar-refractivity contribution is 0.102. The van der Waals surface area contributed by atoms with Crippen molar-refractivity contribution < 1.29 is 13.9 Å². The molecule has 0 heterocycles. The van der Waals surface area contributed by atoms with Gasteiger partial charge in [0.1, 0.15) is 11.6 Å². The maximum Gasteiger partial charge on any atom is 0.255 e. The van der Waals surface area contributed by atoms with Crippen LogP contribution in [0.5, 0.6) is 5.75 Å². The lowest BCUT2D eigenvalue weighted by Crippen LogP contribution is -2.14. The van der Waals surface area contributed by atoms with Gasteiger partial charge in [-0.2, -0.15) is 0 Å². The number of hydrogen-bond donors (Lipinski definition) is 1. The molecule has 0 unspecified atom stereocenters. The lowest BCUT2D eigenvalue weighted by Gasteiger charge is -2.14. The third-order valence-corrected chi connectivity index (χ3v) is 5.58. The van der Waals surface area contributed by atoms with E-state index >= 15 is 0 Å². The highest BCUT2D eigenvalue weighted by Gasteiger charge is 2.14. The number of amides is 1. The second-order valence-electron chi connectivity index (χ2n) is 6.28. The third kappa shape index (κ3) is 4.30. The van der Waals surface area contributed by atoms with Crippen molar-refractivity contribution in [2.45, 2.75) is 13.8 Å². The quantitative estimate of drug-likeness (QED) is 0.472. The van der Waals surface area contributed by atoms with Gasteiger partial charge in [0.15, 0.2) is 0 Å². The highest BCUT2D eigenvalue weighted by atomic mass is 127. The molecular weight excluding hydrogens is 456 g/mol.